The molecular weight excluding hydrogens is 352 g/mol. The number of aryl methyl sites for hydroxylation is 1. The third kappa shape index (κ3) is 2.54. The first-order valence-electron chi connectivity index (χ1n) is 10.5. The number of para-hydroxylation sites is 2. The molecule has 5 aromatic rings. The molecule has 0 saturated heterocycles. The number of benzene rings is 4. The number of hydrogen-bond donors (Lipinski definition) is 0. The molecule has 1 aromatic heterocycles. The Labute approximate surface area is 170 Å². The van der Waals surface area contributed by atoms with Crippen molar-refractivity contribution >= 4 is 21.9 Å². The Morgan fingerprint density at radius 3 is 2.41 bits per heavy atom. The van der Waals surface area contributed by atoms with Crippen LogP contribution in [0, 0.1) is 0 Å². The lowest BCUT2D eigenvalue weighted by Gasteiger charge is -2.08. The second kappa shape index (κ2) is 6.35. The molecule has 0 fully saturated rings. The number of hydrogen-bond acceptors (Lipinski definition) is 1. The van der Waals surface area contributed by atoms with Gasteiger partial charge >= 0.3 is 0 Å². The average Bonchev–Trinajstić information content (AvgIpc) is 3.31. The van der Waals surface area contributed by atoms with Gasteiger partial charge in [0.25, 0.3) is 0 Å². The van der Waals surface area contributed by atoms with Crippen LogP contribution in [0.1, 0.15) is 30.0 Å². The van der Waals surface area contributed by atoms with E-state index in [2.05, 4.69) is 73.7 Å². The second-order valence-corrected chi connectivity index (χ2v) is 8.07. The van der Waals surface area contributed by atoms with Crippen LogP contribution in [0.3, 0.4) is 0 Å². The van der Waals surface area contributed by atoms with Crippen LogP contribution in [0.2, 0.25) is 0 Å². The molecule has 4 aromatic carbocycles. The standard InChI is InChI=1S/C28H22O/c1-2-6-18-11-12-19-16-20-13-14-21(17-26(20)25(19)15-18)22-8-5-9-24-23-7-3-4-10-27(23)29-28(22)24/h3-5,7-15,17H,2,6,16H2,1H3. The van der Waals surface area contributed by atoms with E-state index in [-0.39, 0.29) is 0 Å². The molecule has 0 saturated carbocycles. The minimum atomic E-state index is 0.950. The fourth-order valence-electron chi connectivity index (χ4n) is 4.80. The van der Waals surface area contributed by atoms with Crippen molar-refractivity contribution in [2.45, 2.75) is 26.2 Å². The van der Waals surface area contributed by atoms with E-state index in [4.69, 9.17) is 4.42 Å². The van der Waals surface area contributed by atoms with E-state index >= 15 is 0 Å². The molecule has 1 heteroatoms. The maximum Gasteiger partial charge on any atom is 0.143 e. The zero-order valence-electron chi connectivity index (χ0n) is 16.5. The highest BCUT2D eigenvalue weighted by Gasteiger charge is 2.20. The predicted octanol–water partition coefficient (Wildman–Crippen LogP) is 7.78. The largest absolute Gasteiger partial charge is 0.455 e. The minimum absolute atomic E-state index is 0.950. The molecule has 1 aliphatic rings. The first kappa shape index (κ1) is 16.6. The first-order chi connectivity index (χ1) is 14.3. The maximum atomic E-state index is 6.28. The summed E-state index contributed by atoms with van der Waals surface area (Å²) in [5, 5.41) is 2.37. The maximum absolute atomic E-state index is 6.28. The van der Waals surface area contributed by atoms with Gasteiger partial charge in [-0.3, -0.25) is 0 Å². The molecular formula is C28H22O. The molecule has 1 aliphatic carbocycles. The van der Waals surface area contributed by atoms with Gasteiger partial charge in [0, 0.05) is 16.3 Å². The second-order valence-electron chi connectivity index (χ2n) is 8.07. The molecule has 6 rings (SSSR count). The van der Waals surface area contributed by atoms with Crippen LogP contribution >= 0.6 is 0 Å². The van der Waals surface area contributed by atoms with Gasteiger partial charge in [-0.25, -0.2) is 0 Å². The van der Waals surface area contributed by atoms with E-state index in [0.29, 0.717) is 0 Å². The van der Waals surface area contributed by atoms with E-state index in [0.717, 1.165) is 24.0 Å². The van der Waals surface area contributed by atoms with Gasteiger partial charge in [0.15, 0.2) is 0 Å². The van der Waals surface area contributed by atoms with Crippen molar-refractivity contribution in [3.05, 3.63) is 95.6 Å². The summed E-state index contributed by atoms with van der Waals surface area (Å²) < 4.78 is 6.28. The Bertz CT molecular complexity index is 1390. The lowest BCUT2D eigenvalue weighted by molar-refractivity contribution is 0.670. The summed E-state index contributed by atoms with van der Waals surface area (Å²) in [4.78, 5) is 0. The summed E-state index contributed by atoms with van der Waals surface area (Å²) in [6.45, 7) is 2.24. The summed E-state index contributed by atoms with van der Waals surface area (Å²) in [6, 6.07) is 28.7. The molecule has 140 valence electrons. The molecule has 0 atom stereocenters. The molecule has 0 bridgehead atoms. The molecule has 0 radical (unpaired) electrons. The van der Waals surface area contributed by atoms with Gasteiger partial charge in [-0.05, 0) is 58.4 Å². The van der Waals surface area contributed by atoms with E-state index in [1.54, 1.807) is 0 Å². The Kier molecular flexibility index (Phi) is 3.64. The van der Waals surface area contributed by atoms with Crippen LogP contribution in [-0.4, -0.2) is 0 Å². The van der Waals surface area contributed by atoms with Crippen molar-refractivity contribution in [2.24, 2.45) is 0 Å². The van der Waals surface area contributed by atoms with Crippen molar-refractivity contribution in [3.63, 3.8) is 0 Å². The number of rotatable bonds is 3. The van der Waals surface area contributed by atoms with Crippen LogP contribution in [0.4, 0.5) is 0 Å². The Hall–Kier alpha value is -3.32. The van der Waals surface area contributed by atoms with E-state index in [1.165, 1.54) is 56.1 Å². The van der Waals surface area contributed by atoms with Gasteiger partial charge in [-0.1, -0.05) is 80.1 Å². The lowest BCUT2D eigenvalue weighted by atomic mass is 9.96. The highest BCUT2D eigenvalue weighted by molar-refractivity contribution is 6.09. The van der Waals surface area contributed by atoms with E-state index in [1.807, 2.05) is 12.1 Å². The zero-order valence-corrected chi connectivity index (χ0v) is 16.5. The van der Waals surface area contributed by atoms with Gasteiger partial charge < -0.3 is 4.42 Å². The SMILES string of the molecule is CCCc1ccc2c(c1)-c1cc(-c3cccc4c3oc3ccccc34)ccc1C2. The zero-order chi connectivity index (χ0) is 19.4. The third-order valence-corrected chi connectivity index (χ3v) is 6.21. The quantitative estimate of drug-likeness (QED) is 0.308. The summed E-state index contributed by atoms with van der Waals surface area (Å²) in [5.74, 6) is 0. The number of fused-ring (bicyclic) bond motifs is 6. The normalized spacial score (nSPS) is 12.4. The predicted molar refractivity (Wildman–Crippen MR) is 121 cm³/mol. The minimum Gasteiger partial charge on any atom is -0.455 e. The number of furan rings is 1. The topological polar surface area (TPSA) is 13.1 Å². The van der Waals surface area contributed by atoms with Gasteiger partial charge in [0.05, 0.1) is 0 Å². The lowest BCUT2D eigenvalue weighted by Crippen LogP contribution is -1.86. The molecule has 1 heterocycles. The Morgan fingerprint density at radius 1 is 0.724 bits per heavy atom. The third-order valence-electron chi connectivity index (χ3n) is 6.21. The molecule has 0 unspecified atom stereocenters. The van der Waals surface area contributed by atoms with E-state index in [9.17, 15) is 0 Å². The first-order valence-corrected chi connectivity index (χ1v) is 10.5. The van der Waals surface area contributed by atoms with Crippen molar-refractivity contribution < 1.29 is 4.42 Å². The molecule has 0 amide bonds. The van der Waals surface area contributed by atoms with Crippen LogP contribution in [0.25, 0.3) is 44.2 Å². The van der Waals surface area contributed by atoms with Crippen molar-refractivity contribution in [1.82, 2.24) is 0 Å². The highest BCUT2D eigenvalue weighted by Crippen LogP contribution is 2.41. The monoisotopic (exact) mass is 374 g/mol. The molecule has 0 aliphatic heterocycles. The van der Waals surface area contributed by atoms with E-state index < -0.39 is 0 Å². The molecule has 1 nitrogen and oxygen atoms in total. The van der Waals surface area contributed by atoms with Crippen LogP contribution < -0.4 is 0 Å². The summed E-state index contributed by atoms with van der Waals surface area (Å²) in [7, 11) is 0. The fraction of sp³-hybridized carbons (Fsp3) is 0.143. The summed E-state index contributed by atoms with van der Waals surface area (Å²) >= 11 is 0. The molecule has 0 spiro atoms. The van der Waals surface area contributed by atoms with Crippen LogP contribution in [0.15, 0.2) is 83.3 Å². The molecule has 0 N–H and O–H groups in total. The van der Waals surface area contributed by atoms with Gasteiger partial charge in [-0.15, -0.1) is 0 Å². The smallest absolute Gasteiger partial charge is 0.143 e. The Morgan fingerprint density at radius 2 is 1.52 bits per heavy atom. The summed E-state index contributed by atoms with van der Waals surface area (Å²) in [6.07, 6.45) is 3.35. The van der Waals surface area contributed by atoms with Crippen molar-refractivity contribution in [1.29, 1.82) is 0 Å². The van der Waals surface area contributed by atoms with Crippen LogP contribution in [-0.2, 0) is 12.8 Å². The van der Waals surface area contributed by atoms with Crippen molar-refractivity contribution in [2.75, 3.05) is 0 Å². The highest BCUT2D eigenvalue weighted by atomic mass is 16.3. The van der Waals surface area contributed by atoms with Gasteiger partial charge in [0.1, 0.15) is 11.2 Å². The molecule has 29 heavy (non-hydrogen) atoms. The fourth-order valence-corrected chi connectivity index (χ4v) is 4.80. The average molecular weight is 374 g/mol. The summed E-state index contributed by atoms with van der Waals surface area (Å²) in [5.41, 5.74) is 11.4. The van der Waals surface area contributed by atoms with Gasteiger partial charge in [0.2, 0.25) is 0 Å². The van der Waals surface area contributed by atoms with Gasteiger partial charge in [-0.2, -0.15) is 0 Å². The van der Waals surface area contributed by atoms with Crippen molar-refractivity contribution in [3.8, 4) is 22.3 Å². The Balaban J connectivity index is 1.54. The van der Waals surface area contributed by atoms with Crippen LogP contribution in [0.5, 0.6) is 0 Å².